The number of likely N-dealkylation sites (tertiary alicyclic amines) is 1. The second kappa shape index (κ2) is 6.52. The summed E-state index contributed by atoms with van der Waals surface area (Å²) in [5.41, 5.74) is 2.97. The largest absolute Gasteiger partial charge is 0.339 e. The highest BCUT2D eigenvalue weighted by atomic mass is 19.1. The van der Waals surface area contributed by atoms with E-state index in [1.54, 1.807) is 16.8 Å². The normalized spacial score (nSPS) is 15.5. The number of carbonyl (C=O) groups excluding carboxylic acids is 1. The minimum atomic E-state index is -0.281. The molecule has 1 aromatic heterocycles. The molecule has 5 heteroatoms. The number of aromatic nitrogens is 2. The summed E-state index contributed by atoms with van der Waals surface area (Å²) in [7, 11) is 0. The van der Waals surface area contributed by atoms with Gasteiger partial charge in [0, 0.05) is 13.1 Å². The van der Waals surface area contributed by atoms with Crippen LogP contribution < -0.4 is 0 Å². The number of rotatable bonds is 2. The van der Waals surface area contributed by atoms with E-state index in [-0.39, 0.29) is 11.7 Å². The number of nitrogens with zero attached hydrogens (tertiary/aromatic N) is 3. The lowest BCUT2D eigenvalue weighted by molar-refractivity contribution is 0.0760. The first-order valence-corrected chi connectivity index (χ1v) is 8.19. The average molecular weight is 315 g/mol. The Morgan fingerprint density at radius 2 is 1.65 bits per heavy atom. The maximum absolute atomic E-state index is 13.1. The maximum atomic E-state index is 13.1. The molecule has 2 heterocycles. The Labute approximate surface area is 135 Å². The highest BCUT2D eigenvalue weighted by Gasteiger charge is 2.24. The van der Waals surface area contributed by atoms with Crippen molar-refractivity contribution in [2.24, 2.45) is 0 Å². The molecule has 1 aliphatic heterocycles. The number of amides is 1. The molecule has 0 saturated carbocycles. The number of benzene rings is 1. The van der Waals surface area contributed by atoms with Gasteiger partial charge in [0.1, 0.15) is 5.82 Å². The van der Waals surface area contributed by atoms with E-state index in [4.69, 9.17) is 0 Å². The Kier molecular flexibility index (Phi) is 4.46. The Morgan fingerprint density at radius 3 is 2.26 bits per heavy atom. The average Bonchev–Trinajstić information content (AvgIpc) is 2.73. The van der Waals surface area contributed by atoms with Gasteiger partial charge in [-0.3, -0.25) is 4.79 Å². The van der Waals surface area contributed by atoms with E-state index in [9.17, 15) is 9.18 Å². The van der Waals surface area contributed by atoms with Gasteiger partial charge in [0.15, 0.2) is 0 Å². The molecule has 2 aromatic rings. The van der Waals surface area contributed by atoms with Gasteiger partial charge in [0.2, 0.25) is 0 Å². The van der Waals surface area contributed by atoms with Crippen LogP contribution in [0.2, 0.25) is 0 Å². The van der Waals surface area contributed by atoms with E-state index >= 15 is 0 Å². The van der Waals surface area contributed by atoms with E-state index in [0.717, 1.165) is 43.0 Å². The van der Waals surface area contributed by atoms with Crippen LogP contribution in [0.25, 0.3) is 5.69 Å². The summed E-state index contributed by atoms with van der Waals surface area (Å²) < 4.78 is 14.8. The van der Waals surface area contributed by atoms with Crippen LogP contribution in [0.15, 0.2) is 24.3 Å². The van der Waals surface area contributed by atoms with Crippen molar-refractivity contribution in [3.8, 4) is 5.69 Å². The highest BCUT2D eigenvalue weighted by Crippen LogP contribution is 2.21. The molecular weight excluding hydrogens is 293 g/mol. The lowest BCUT2D eigenvalue weighted by atomic mass is 10.1. The Balaban J connectivity index is 1.94. The van der Waals surface area contributed by atoms with Gasteiger partial charge in [-0.25, -0.2) is 9.07 Å². The van der Waals surface area contributed by atoms with Crippen molar-refractivity contribution < 1.29 is 9.18 Å². The standard InChI is InChI=1S/C18H22FN3O/c1-13-17(18(23)21-11-5-3-4-6-12-21)14(2)22(20-13)16-9-7-15(19)8-10-16/h7-10H,3-6,11-12H2,1-2H3. The number of aryl methyl sites for hydroxylation is 1. The van der Waals surface area contributed by atoms with Crippen molar-refractivity contribution in [3.05, 3.63) is 47.0 Å². The van der Waals surface area contributed by atoms with Crippen molar-refractivity contribution in [2.75, 3.05) is 13.1 Å². The van der Waals surface area contributed by atoms with Crippen molar-refractivity contribution in [1.29, 1.82) is 0 Å². The molecule has 1 saturated heterocycles. The lowest BCUT2D eigenvalue weighted by Crippen LogP contribution is -2.32. The van der Waals surface area contributed by atoms with Crippen LogP contribution in [-0.4, -0.2) is 33.7 Å². The molecule has 0 bridgehead atoms. The van der Waals surface area contributed by atoms with Crippen LogP contribution in [0.3, 0.4) is 0 Å². The highest BCUT2D eigenvalue weighted by molar-refractivity contribution is 5.96. The molecule has 23 heavy (non-hydrogen) atoms. The second-order valence-electron chi connectivity index (χ2n) is 6.14. The molecule has 0 N–H and O–H groups in total. The number of halogens is 1. The Bertz CT molecular complexity index is 698. The van der Waals surface area contributed by atoms with Crippen molar-refractivity contribution in [3.63, 3.8) is 0 Å². The van der Waals surface area contributed by atoms with Gasteiger partial charge in [-0.15, -0.1) is 0 Å². The fraction of sp³-hybridized carbons (Fsp3) is 0.444. The summed E-state index contributed by atoms with van der Waals surface area (Å²) in [6.45, 7) is 5.39. The zero-order valence-corrected chi connectivity index (χ0v) is 13.7. The molecule has 0 atom stereocenters. The van der Waals surface area contributed by atoms with Crippen LogP contribution in [0.1, 0.15) is 47.4 Å². The van der Waals surface area contributed by atoms with Crippen LogP contribution in [-0.2, 0) is 0 Å². The molecule has 3 rings (SSSR count). The molecule has 1 aliphatic rings. The summed E-state index contributed by atoms with van der Waals surface area (Å²) in [4.78, 5) is 14.8. The first-order valence-electron chi connectivity index (χ1n) is 8.19. The fourth-order valence-electron chi connectivity index (χ4n) is 3.22. The van der Waals surface area contributed by atoms with E-state index in [1.807, 2.05) is 18.7 Å². The fourth-order valence-corrected chi connectivity index (χ4v) is 3.22. The van der Waals surface area contributed by atoms with E-state index in [2.05, 4.69) is 5.10 Å². The smallest absolute Gasteiger partial charge is 0.257 e. The van der Waals surface area contributed by atoms with Crippen molar-refractivity contribution >= 4 is 5.91 Å². The summed E-state index contributed by atoms with van der Waals surface area (Å²) >= 11 is 0. The third-order valence-electron chi connectivity index (χ3n) is 4.47. The molecule has 0 spiro atoms. The monoisotopic (exact) mass is 315 g/mol. The predicted octanol–water partition coefficient (Wildman–Crippen LogP) is 3.64. The molecule has 4 nitrogen and oxygen atoms in total. The third kappa shape index (κ3) is 3.14. The van der Waals surface area contributed by atoms with Gasteiger partial charge in [-0.1, -0.05) is 12.8 Å². The van der Waals surface area contributed by atoms with Gasteiger partial charge in [-0.2, -0.15) is 5.10 Å². The summed E-state index contributed by atoms with van der Waals surface area (Å²) in [6, 6.07) is 6.16. The first-order chi connectivity index (χ1) is 11.1. The first kappa shape index (κ1) is 15.7. The van der Waals surface area contributed by atoms with Crippen LogP contribution in [0.5, 0.6) is 0 Å². The Morgan fingerprint density at radius 1 is 1.04 bits per heavy atom. The number of carbonyl (C=O) groups is 1. The molecule has 1 fully saturated rings. The van der Waals surface area contributed by atoms with Gasteiger partial charge >= 0.3 is 0 Å². The van der Waals surface area contributed by atoms with Gasteiger partial charge in [0.25, 0.3) is 5.91 Å². The van der Waals surface area contributed by atoms with Gasteiger partial charge < -0.3 is 4.90 Å². The van der Waals surface area contributed by atoms with Crippen molar-refractivity contribution in [2.45, 2.75) is 39.5 Å². The molecule has 0 unspecified atom stereocenters. The summed E-state index contributed by atoms with van der Waals surface area (Å²) in [5.74, 6) is -0.216. The number of hydrogen-bond donors (Lipinski definition) is 0. The molecular formula is C18H22FN3O. The minimum Gasteiger partial charge on any atom is -0.339 e. The van der Waals surface area contributed by atoms with Crippen LogP contribution in [0, 0.1) is 19.7 Å². The van der Waals surface area contributed by atoms with Crippen LogP contribution in [0.4, 0.5) is 4.39 Å². The third-order valence-corrected chi connectivity index (χ3v) is 4.47. The molecule has 122 valence electrons. The van der Waals surface area contributed by atoms with Gasteiger partial charge in [-0.05, 0) is 51.0 Å². The summed E-state index contributed by atoms with van der Waals surface area (Å²) in [5, 5.41) is 4.50. The molecule has 1 amide bonds. The molecule has 1 aromatic carbocycles. The van der Waals surface area contributed by atoms with E-state index in [1.165, 1.54) is 25.0 Å². The Hall–Kier alpha value is -2.17. The maximum Gasteiger partial charge on any atom is 0.257 e. The van der Waals surface area contributed by atoms with Gasteiger partial charge in [0.05, 0.1) is 22.6 Å². The zero-order valence-electron chi connectivity index (χ0n) is 13.7. The molecule has 0 radical (unpaired) electrons. The summed E-state index contributed by atoms with van der Waals surface area (Å²) in [6.07, 6.45) is 4.51. The second-order valence-corrected chi connectivity index (χ2v) is 6.14. The van der Waals surface area contributed by atoms with E-state index in [0.29, 0.717) is 5.56 Å². The predicted molar refractivity (Wildman–Crippen MR) is 87.4 cm³/mol. The lowest BCUT2D eigenvalue weighted by Gasteiger charge is -2.20. The SMILES string of the molecule is Cc1nn(-c2ccc(F)cc2)c(C)c1C(=O)N1CCCCCC1. The quantitative estimate of drug-likeness (QED) is 0.848. The topological polar surface area (TPSA) is 38.1 Å². The van der Waals surface area contributed by atoms with E-state index < -0.39 is 0 Å². The zero-order chi connectivity index (χ0) is 16.4. The van der Waals surface area contributed by atoms with Crippen LogP contribution >= 0.6 is 0 Å². The number of hydrogen-bond acceptors (Lipinski definition) is 2. The molecule has 0 aliphatic carbocycles. The van der Waals surface area contributed by atoms with Crippen molar-refractivity contribution in [1.82, 2.24) is 14.7 Å². The minimum absolute atomic E-state index is 0.0651.